The Hall–Kier alpha value is -2.24. The summed E-state index contributed by atoms with van der Waals surface area (Å²) in [6.07, 6.45) is 2.21. The topological polar surface area (TPSA) is 54.9 Å². The van der Waals surface area contributed by atoms with Crippen molar-refractivity contribution in [1.29, 1.82) is 0 Å². The number of nitrogens with zero attached hydrogens (tertiary/aromatic N) is 2. The predicted octanol–water partition coefficient (Wildman–Crippen LogP) is 3.83. The van der Waals surface area contributed by atoms with Crippen molar-refractivity contribution in [2.75, 3.05) is 6.54 Å². The van der Waals surface area contributed by atoms with Crippen molar-refractivity contribution in [1.82, 2.24) is 15.3 Å². The van der Waals surface area contributed by atoms with Gasteiger partial charge in [-0.25, -0.2) is 9.97 Å². The van der Waals surface area contributed by atoms with E-state index in [0.29, 0.717) is 23.7 Å². The minimum atomic E-state index is -0.159. The highest BCUT2D eigenvalue weighted by Gasteiger charge is 2.07. The number of hydrogen-bond donors (Lipinski definition) is 1. The molecule has 0 atom stereocenters. The van der Waals surface area contributed by atoms with E-state index in [-0.39, 0.29) is 5.91 Å². The molecule has 3 aromatic rings. The van der Waals surface area contributed by atoms with Gasteiger partial charge in [0.25, 0.3) is 5.91 Å². The van der Waals surface area contributed by atoms with Gasteiger partial charge in [-0.1, -0.05) is 41.9 Å². The molecule has 2 aromatic heterocycles. The number of pyridine rings is 1. The third-order valence-corrected chi connectivity index (χ3v) is 4.37. The van der Waals surface area contributed by atoms with Crippen molar-refractivity contribution < 1.29 is 4.79 Å². The smallest absolute Gasteiger partial charge is 0.251 e. The summed E-state index contributed by atoms with van der Waals surface area (Å²) in [5.74, 6) is -0.159. The molecule has 0 aliphatic rings. The third kappa shape index (κ3) is 4.15. The van der Waals surface area contributed by atoms with Crippen LogP contribution in [-0.4, -0.2) is 22.4 Å². The van der Waals surface area contributed by atoms with Crippen LogP contribution < -0.4 is 5.32 Å². The van der Waals surface area contributed by atoms with Crippen molar-refractivity contribution in [2.45, 2.75) is 6.42 Å². The number of carbonyl (C=O) groups is 1. The van der Waals surface area contributed by atoms with Gasteiger partial charge in [-0.3, -0.25) is 4.79 Å². The maximum Gasteiger partial charge on any atom is 0.251 e. The SMILES string of the molecule is O=C(NCCc1csc(-c2ccccc2)n1)c1ccnc(Cl)c1. The first-order valence-corrected chi connectivity index (χ1v) is 8.38. The van der Waals surface area contributed by atoms with Crippen LogP contribution in [0.2, 0.25) is 5.15 Å². The Morgan fingerprint density at radius 2 is 2.04 bits per heavy atom. The molecule has 2 heterocycles. The third-order valence-electron chi connectivity index (χ3n) is 3.23. The van der Waals surface area contributed by atoms with Gasteiger partial charge in [-0.15, -0.1) is 11.3 Å². The molecule has 116 valence electrons. The van der Waals surface area contributed by atoms with E-state index in [2.05, 4.69) is 15.3 Å². The lowest BCUT2D eigenvalue weighted by Gasteiger charge is -2.04. The number of carbonyl (C=O) groups excluding carboxylic acids is 1. The molecule has 23 heavy (non-hydrogen) atoms. The van der Waals surface area contributed by atoms with Gasteiger partial charge in [0.1, 0.15) is 10.2 Å². The Balaban J connectivity index is 1.55. The van der Waals surface area contributed by atoms with E-state index in [1.54, 1.807) is 23.5 Å². The van der Waals surface area contributed by atoms with E-state index < -0.39 is 0 Å². The van der Waals surface area contributed by atoms with Crippen LogP contribution >= 0.6 is 22.9 Å². The number of thiazole rings is 1. The molecule has 1 aromatic carbocycles. The van der Waals surface area contributed by atoms with Crippen LogP contribution in [0, 0.1) is 0 Å². The summed E-state index contributed by atoms with van der Waals surface area (Å²) in [5, 5.41) is 6.19. The van der Waals surface area contributed by atoms with Gasteiger partial charge in [0.05, 0.1) is 5.69 Å². The Labute approximate surface area is 143 Å². The number of amides is 1. The van der Waals surface area contributed by atoms with Crippen molar-refractivity contribution in [3.8, 4) is 10.6 Å². The molecule has 3 rings (SSSR count). The van der Waals surface area contributed by atoms with E-state index in [1.165, 1.54) is 6.20 Å². The van der Waals surface area contributed by atoms with Crippen LogP contribution in [0.1, 0.15) is 16.1 Å². The molecule has 6 heteroatoms. The average Bonchev–Trinajstić information content (AvgIpc) is 3.04. The van der Waals surface area contributed by atoms with Gasteiger partial charge in [-0.05, 0) is 12.1 Å². The van der Waals surface area contributed by atoms with Gasteiger partial charge in [0, 0.05) is 35.7 Å². The quantitative estimate of drug-likeness (QED) is 0.716. The fourth-order valence-electron chi connectivity index (χ4n) is 2.08. The van der Waals surface area contributed by atoms with Gasteiger partial charge >= 0.3 is 0 Å². The van der Waals surface area contributed by atoms with Crippen LogP contribution in [0.3, 0.4) is 0 Å². The Bertz CT molecular complexity index is 804. The van der Waals surface area contributed by atoms with Crippen LogP contribution in [0.25, 0.3) is 10.6 Å². The van der Waals surface area contributed by atoms with Crippen molar-refractivity contribution >= 4 is 28.8 Å². The zero-order valence-corrected chi connectivity index (χ0v) is 13.8. The maximum absolute atomic E-state index is 12.0. The standard InChI is InChI=1S/C17H14ClN3OS/c18-15-10-13(6-8-19-15)16(22)20-9-7-14-11-23-17(21-14)12-4-2-1-3-5-12/h1-6,8,10-11H,7,9H2,(H,20,22). The lowest BCUT2D eigenvalue weighted by molar-refractivity contribution is 0.0954. The fourth-order valence-corrected chi connectivity index (χ4v) is 3.12. The molecule has 4 nitrogen and oxygen atoms in total. The number of nitrogens with one attached hydrogen (secondary N) is 1. The summed E-state index contributed by atoms with van der Waals surface area (Å²) in [4.78, 5) is 20.5. The second-order valence-electron chi connectivity index (χ2n) is 4.88. The highest BCUT2D eigenvalue weighted by Crippen LogP contribution is 2.23. The van der Waals surface area contributed by atoms with Crippen molar-refractivity contribution in [2.24, 2.45) is 0 Å². The van der Waals surface area contributed by atoms with Crippen LogP contribution in [0.5, 0.6) is 0 Å². The summed E-state index contributed by atoms with van der Waals surface area (Å²) >= 11 is 7.39. The van der Waals surface area contributed by atoms with Gasteiger partial charge in [0.2, 0.25) is 0 Å². The van der Waals surface area contributed by atoms with Crippen LogP contribution in [0.15, 0.2) is 54.0 Å². The molecule has 1 amide bonds. The highest BCUT2D eigenvalue weighted by atomic mass is 35.5. The highest BCUT2D eigenvalue weighted by molar-refractivity contribution is 7.13. The summed E-state index contributed by atoms with van der Waals surface area (Å²) in [7, 11) is 0. The molecule has 0 spiro atoms. The first kappa shape index (κ1) is 15.6. The Morgan fingerprint density at radius 1 is 1.22 bits per heavy atom. The van der Waals surface area contributed by atoms with E-state index in [9.17, 15) is 4.79 Å². The molecule has 0 unspecified atom stereocenters. The van der Waals surface area contributed by atoms with E-state index >= 15 is 0 Å². The summed E-state index contributed by atoms with van der Waals surface area (Å²) < 4.78 is 0. The zero-order chi connectivity index (χ0) is 16.1. The van der Waals surface area contributed by atoms with Crippen LogP contribution in [-0.2, 0) is 6.42 Å². The van der Waals surface area contributed by atoms with E-state index in [0.717, 1.165) is 16.3 Å². The number of rotatable bonds is 5. The Kier molecular flexibility index (Phi) is 5.00. The molecule has 0 fully saturated rings. The van der Waals surface area contributed by atoms with Gasteiger partial charge < -0.3 is 5.32 Å². The largest absolute Gasteiger partial charge is 0.352 e. The number of benzene rings is 1. The molecule has 0 saturated carbocycles. The molecular weight excluding hydrogens is 330 g/mol. The minimum Gasteiger partial charge on any atom is -0.352 e. The molecule has 0 bridgehead atoms. The number of hydrogen-bond acceptors (Lipinski definition) is 4. The monoisotopic (exact) mass is 343 g/mol. The van der Waals surface area contributed by atoms with Gasteiger partial charge in [-0.2, -0.15) is 0 Å². The lowest BCUT2D eigenvalue weighted by Crippen LogP contribution is -2.25. The van der Waals surface area contributed by atoms with E-state index in [4.69, 9.17) is 11.6 Å². The number of aromatic nitrogens is 2. The second kappa shape index (κ2) is 7.35. The van der Waals surface area contributed by atoms with Crippen molar-refractivity contribution in [3.05, 3.63) is 70.5 Å². The molecule has 0 radical (unpaired) electrons. The Morgan fingerprint density at radius 3 is 2.83 bits per heavy atom. The molecule has 1 N–H and O–H groups in total. The minimum absolute atomic E-state index is 0.159. The fraction of sp³-hybridized carbons (Fsp3) is 0.118. The predicted molar refractivity (Wildman–Crippen MR) is 92.8 cm³/mol. The summed E-state index contributed by atoms with van der Waals surface area (Å²) in [5.41, 5.74) is 2.59. The number of halogens is 1. The molecule has 0 aliphatic heterocycles. The second-order valence-corrected chi connectivity index (χ2v) is 6.13. The van der Waals surface area contributed by atoms with Gasteiger partial charge in [0.15, 0.2) is 0 Å². The lowest BCUT2D eigenvalue weighted by atomic mass is 10.2. The first-order chi connectivity index (χ1) is 11.2. The first-order valence-electron chi connectivity index (χ1n) is 7.12. The van der Waals surface area contributed by atoms with Crippen LogP contribution in [0.4, 0.5) is 0 Å². The summed E-state index contributed by atoms with van der Waals surface area (Å²) in [6.45, 7) is 0.525. The molecule has 0 aliphatic carbocycles. The van der Waals surface area contributed by atoms with Crippen molar-refractivity contribution in [3.63, 3.8) is 0 Å². The molecular formula is C17H14ClN3OS. The maximum atomic E-state index is 12.0. The normalized spacial score (nSPS) is 10.5. The summed E-state index contributed by atoms with van der Waals surface area (Å²) in [6, 6.07) is 13.2. The molecule has 0 saturated heterocycles. The average molecular weight is 344 g/mol. The van der Waals surface area contributed by atoms with E-state index in [1.807, 2.05) is 35.7 Å². The zero-order valence-electron chi connectivity index (χ0n) is 12.2.